The van der Waals surface area contributed by atoms with Gasteiger partial charge in [0.1, 0.15) is 0 Å². The van der Waals surface area contributed by atoms with E-state index in [2.05, 4.69) is 11.1 Å². The minimum Gasteiger partial charge on any atom is -0.342 e. The fraction of sp³-hybridized carbons (Fsp3) is 0.533. The molecule has 0 spiro atoms. The van der Waals surface area contributed by atoms with E-state index in [1.165, 1.54) is 5.56 Å². The zero-order valence-corrected chi connectivity index (χ0v) is 11.7. The van der Waals surface area contributed by atoms with E-state index in [4.69, 9.17) is 0 Å². The van der Waals surface area contributed by atoms with Crippen LogP contribution >= 0.6 is 0 Å². The number of hydrogen-bond acceptors (Lipinski definition) is 3. The van der Waals surface area contributed by atoms with Crippen LogP contribution in [0.25, 0.3) is 0 Å². The molecule has 0 aromatic carbocycles. The molecule has 1 aromatic heterocycles. The Morgan fingerprint density at radius 1 is 1.40 bits per heavy atom. The summed E-state index contributed by atoms with van der Waals surface area (Å²) in [6.07, 6.45) is 4.00. The molecule has 2 fully saturated rings. The Hall–Kier alpha value is -1.91. The highest BCUT2D eigenvalue weighted by Crippen LogP contribution is 2.29. The Labute approximate surface area is 118 Å². The molecule has 2 amide bonds. The van der Waals surface area contributed by atoms with Crippen LogP contribution in [0.1, 0.15) is 24.8 Å². The third-order valence-corrected chi connectivity index (χ3v) is 4.29. The van der Waals surface area contributed by atoms with Gasteiger partial charge in [0, 0.05) is 50.9 Å². The molecular weight excluding hydrogens is 254 g/mol. The Morgan fingerprint density at radius 2 is 2.20 bits per heavy atom. The van der Waals surface area contributed by atoms with Crippen LogP contribution in [-0.4, -0.2) is 52.8 Å². The van der Waals surface area contributed by atoms with E-state index in [1.807, 2.05) is 24.1 Å². The first-order valence-electron chi connectivity index (χ1n) is 7.15. The van der Waals surface area contributed by atoms with Crippen molar-refractivity contribution in [3.8, 4) is 0 Å². The van der Waals surface area contributed by atoms with E-state index < -0.39 is 0 Å². The van der Waals surface area contributed by atoms with Gasteiger partial charge in [0.15, 0.2) is 0 Å². The van der Waals surface area contributed by atoms with Crippen LogP contribution in [0, 0.1) is 5.92 Å². The van der Waals surface area contributed by atoms with E-state index in [-0.39, 0.29) is 17.7 Å². The van der Waals surface area contributed by atoms with Crippen molar-refractivity contribution in [2.45, 2.75) is 19.3 Å². The normalized spacial score (nSPS) is 23.1. The number of pyridine rings is 1. The van der Waals surface area contributed by atoms with Gasteiger partial charge in [-0.05, 0) is 18.6 Å². The quantitative estimate of drug-likeness (QED) is 0.821. The molecule has 5 heteroatoms. The van der Waals surface area contributed by atoms with E-state index in [1.54, 1.807) is 11.1 Å². The third kappa shape index (κ3) is 2.28. The number of carbonyl (C=O) groups is 2. The topological polar surface area (TPSA) is 53.5 Å². The standard InChI is InChI=1S/C15H19N3O2/c1-2-17-8-12(6-14(17)19)15(20)18-9-13(10-18)11-4-3-5-16-7-11/h3-5,7,12-13H,2,6,8-10H2,1H3/t12-/m0/s1. The zero-order chi connectivity index (χ0) is 14.1. The molecule has 0 aliphatic carbocycles. The van der Waals surface area contributed by atoms with Gasteiger partial charge in [0.2, 0.25) is 11.8 Å². The first-order chi connectivity index (χ1) is 9.69. The summed E-state index contributed by atoms with van der Waals surface area (Å²) in [4.78, 5) is 31.8. The van der Waals surface area contributed by atoms with E-state index in [9.17, 15) is 9.59 Å². The van der Waals surface area contributed by atoms with Gasteiger partial charge in [0.25, 0.3) is 0 Å². The lowest BCUT2D eigenvalue weighted by molar-refractivity contribution is -0.140. The smallest absolute Gasteiger partial charge is 0.228 e. The second-order valence-corrected chi connectivity index (χ2v) is 5.56. The highest BCUT2D eigenvalue weighted by molar-refractivity contribution is 5.89. The van der Waals surface area contributed by atoms with Crippen LogP contribution in [0.3, 0.4) is 0 Å². The van der Waals surface area contributed by atoms with Crippen LogP contribution in [-0.2, 0) is 9.59 Å². The van der Waals surface area contributed by atoms with Crippen LogP contribution in [0.15, 0.2) is 24.5 Å². The van der Waals surface area contributed by atoms with Gasteiger partial charge >= 0.3 is 0 Å². The molecule has 2 aliphatic rings. The summed E-state index contributed by atoms with van der Waals surface area (Å²) in [5.41, 5.74) is 1.19. The minimum absolute atomic E-state index is 0.107. The summed E-state index contributed by atoms with van der Waals surface area (Å²) in [7, 11) is 0. The summed E-state index contributed by atoms with van der Waals surface area (Å²) in [6, 6.07) is 3.98. The number of aromatic nitrogens is 1. The molecule has 0 N–H and O–H groups in total. The van der Waals surface area contributed by atoms with Crippen molar-refractivity contribution in [2.75, 3.05) is 26.2 Å². The largest absolute Gasteiger partial charge is 0.342 e. The van der Waals surface area contributed by atoms with Gasteiger partial charge in [0.05, 0.1) is 5.92 Å². The van der Waals surface area contributed by atoms with Crippen LogP contribution in [0.4, 0.5) is 0 Å². The van der Waals surface area contributed by atoms with Gasteiger partial charge < -0.3 is 9.80 Å². The molecule has 0 bridgehead atoms. The molecule has 5 nitrogen and oxygen atoms in total. The lowest BCUT2D eigenvalue weighted by atomic mass is 9.91. The number of amides is 2. The monoisotopic (exact) mass is 273 g/mol. The van der Waals surface area contributed by atoms with Crippen molar-refractivity contribution >= 4 is 11.8 Å². The summed E-state index contributed by atoms with van der Waals surface area (Å²) < 4.78 is 0. The highest BCUT2D eigenvalue weighted by atomic mass is 16.2. The van der Waals surface area contributed by atoms with Gasteiger partial charge in [-0.15, -0.1) is 0 Å². The molecule has 0 saturated carbocycles. The molecule has 0 radical (unpaired) electrons. The van der Waals surface area contributed by atoms with Crippen LogP contribution in [0.2, 0.25) is 0 Å². The molecule has 106 valence electrons. The van der Waals surface area contributed by atoms with Gasteiger partial charge in [-0.1, -0.05) is 6.07 Å². The average Bonchev–Trinajstić information content (AvgIpc) is 2.79. The Balaban J connectivity index is 1.55. The van der Waals surface area contributed by atoms with Crippen molar-refractivity contribution in [1.82, 2.24) is 14.8 Å². The van der Waals surface area contributed by atoms with Crippen molar-refractivity contribution in [3.63, 3.8) is 0 Å². The summed E-state index contributed by atoms with van der Waals surface area (Å²) >= 11 is 0. The fourth-order valence-electron chi connectivity index (χ4n) is 2.99. The Kier molecular flexibility index (Phi) is 3.42. The van der Waals surface area contributed by atoms with Gasteiger partial charge in [-0.3, -0.25) is 14.6 Å². The lowest BCUT2D eigenvalue weighted by Gasteiger charge is -2.40. The molecule has 2 aliphatic heterocycles. The first kappa shape index (κ1) is 13.1. The molecule has 20 heavy (non-hydrogen) atoms. The summed E-state index contributed by atoms with van der Waals surface area (Å²) in [5, 5.41) is 0. The minimum atomic E-state index is -0.141. The predicted molar refractivity (Wildman–Crippen MR) is 73.9 cm³/mol. The van der Waals surface area contributed by atoms with E-state index in [0.717, 1.165) is 13.1 Å². The number of hydrogen-bond donors (Lipinski definition) is 0. The summed E-state index contributed by atoms with van der Waals surface area (Å²) in [5.74, 6) is 0.494. The van der Waals surface area contributed by atoms with Gasteiger partial charge in [-0.25, -0.2) is 0 Å². The number of likely N-dealkylation sites (tertiary alicyclic amines) is 2. The van der Waals surface area contributed by atoms with Crippen molar-refractivity contribution in [1.29, 1.82) is 0 Å². The second-order valence-electron chi connectivity index (χ2n) is 5.56. The first-order valence-corrected chi connectivity index (χ1v) is 7.15. The maximum atomic E-state index is 12.3. The van der Waals surface area contributed by atoms with Crippen molar-refractivity contribution < 1.29 is 9.59 Å². The molecule has 2 saturated heterocycles. The maximum absolute atomic E-state index is 12.3. The Bertz CT molecular complexity index is 511. The van der Waals surface area contributed by atoms with Crippen LogP contribution < -0.4 is 0 Å². The Morgan fingerprint density at radius 3 is 2.80 bits per heavy atom. The second kappa shape index (κ2) is 5.23. The highest BCUT2D eigenvalue weighted by Gasteiger charge is 2.40. The maximum Gasteiger partial charge on any atom is 0.228 e. The molecular formula is C15H19N3O2. The SMILES string of the molecule is CCN1C[C@@H](C(=O)N2CC(c3cccnc3)C2)CC1=O. The number of nitrogens with zero attached hydrogens (tertiary/aromatic N) is 3. The van der Waals surface area contributed by atoms with Gasteiger partial charge in [-0.2, -0.15) is 0 Å². The van der Waals surface area contributed by atoms with Crippen molar-refractivity contribution in [3.05, 3.63) is 30.1 Å². The molecule has 3 heterocycles. The predicted octanol–water partition coefficient (Wildman–Crippen LogP) is 0.876. The number of carbonyl (C=O) groups excluding carboxylic acids is 2. The molecule has 0 unspecified atom stereocenters. The fourth-order valence-corrected chi connectivity index (χ4v) is 2.99. The average molecular weight is 273 g/mol. The third-order valence-electron chi connectivity index (χ3n) is 4.29. The van der Waals surface area contributed by atoms with E-state index >= 15 is 0 Å². The van der Waals surface area contributed by atoms with Crippen LogP contribution in [0.5, 0.6) is 0 Å². The van der Waals surface area contributed by atoms with E-state index in [0.29, 0.717) is 25.4 Å². The zero-order valence-electron chi connectivity index (χ0n) is 11.7. The lowest BCUT2D eigenvalue weighted by Crippen LogP contribution is -2.51. The number of rotatable bonds is 3. The molecule has 1 atom stereocenters. The summed E-state index contributed by atoms with van der Waals surface area (Å²) in [6.45, 7) is 4.73. The molecule has 3 rings (SSSR count). The van der Waals surface area contributed by atoms with Crippen molar-refractivity contribution in [2.24, 2.45) is 5.92 Å². The molecule has 1 aromatic rings.